The number of aliphatic imine (C=N–C) groups is 1. The molecule has 2 unspecified atom stereocenters. The lowest BCUT2D eigenvalue weighted by molar-refractivity contribution is 0.152. The van der Waals surface area contributed by atoms with Crippen molar-refractivity contribution in [3.63, 3.8) is 0 Å². The molecule has 0 radical (unpaired) electrons. The molecule has 0 N–H and O–H groups in total. The fourth-order valence-electron chi connectivity index (χ4n) is 2.70. The van der Waals surface area contributed by atoms with E-state index in [1.807, 2.05) is 6.20 Å². The molecule has 0 saturated carbocycles. The van der Waals surface area contributed by atoms with Gasteiger partial charge in [-0.1, -0.05) is 53.7 Å². The Balaban J connectivity index is 3.19. The van der Waals surface area contributed by atoms with Gasteiger partial charge in [0, 0.05) is 18.3 Å². The molecule has 0 aliphatic carbocycles. The van der Waals surface area contributed by atoms with Crippen LogP contribution in [0.1, 0.15) is 48.5 Å². The summed E-state index contributed by atoms with van der Waals surface area (Å²) in [5.74, 6) is 1.04. The molecule has 0 fully saturated rings. The maximum absolute atomic E-state index is 4.45. The van der Waals surface area contributed by atoms with Crippen LogP contribution in [0.25, 0.3) is 0 Å². The van der Waals surface area contributed by atoms with Crippen LogP contribution >= 0.6 is 0 Å². The topological polar surface area (TPSA) is 12.4 Å². The second kappa shape index (κ2) is 4.80. The molecule has 1 heteroatoms. The highest BCUT2D eigenvalue weighted by molar-refractivity contribution is 5.66. The Morgan fingerprint density at radius 3 is 2.06 bits per heavy atom. The Bertz CT molecular complexity index is 345. The van der Waals surface area contributed by atoms with Gasteiger partial charge < -0.3 is 0 Å². The van der Waals surface area contributed by atoms with E-state index in [-0.39, 0.29) is 10.8 Å². The molecule has 0 aromatic heterocycles. The van der Waals surface area contributed by atoms with E-state index in [0.29, 0.717) is 11.8 Å². The van der Waals surface area contributed by atoms with Crippen molar-refractivity contribution in [1.82, 2.24) is 0 Å². The van der Waals surface area contributed by atoms with Crippen molar-refractivity contribution < 1.29 is 0 Å². The average molecular weight is 233 g/mol. The molecule has 96 valence electrons. The molecule has 2 atom stereocenters. The fraction of sp³-hybridized carbons (Fsp3) is 0.688. The maximum atomic E-state index is 4.45. The summed E-state index contributed by atoms with van der Waals surface area (Å²) in [5.41, 5.74) is 1.88. The van der Waals surface area contributed by atoms with Gasteiger partial charge in [0.2, 0.25) is 0 Å². The number of hydrogen-bond donors (Lipinski definition) is 0. The van der Waals surface area contributed by atoms with Gasteiger partial charge in [0.05, 0.1) is 0 Å². The van der Waals surface area contributed by atoms with E-state index in [2.05, 4.69) is 71.8 Å². The number of rotatable bonds is 1. The summed E-state index contributed by atoms with van der Waals surface area (Å²) in [7, 11) is 0. The number of nitrogens with zero attached hydrogens (tertiary/aromatic N) is 1. The molecule has 0 bridgehead atoms. The Kier molecular flexibility index (Phi) is 4.01. The van der Waals surface area contributed by atoms with Gasteiger partial charge >= 0.3 is 0 Å². The molecule has 0 saturated heterocycles. The Morgan fingerprint density at radius 1 is 1.06 bits per heavy atom. The first-order chi connectivity index (χ1) is 7.68. The smallest absolute Gasteiger partial charge is 0.0299 e. The molecule has 0 amide bonds. The summed E-state index contributed by atoms with van der Waals surface area (Å²) in [6.45, 7) is 16.0. The zero-order chi connectivity index (χ0) is 13.3. The second-order valence-electron chi connectivity index (χ2n) is 7.16. The molecule has 17 heavy (non-hydrogen) atoms. The summed E-state index contributed by atoms with van der Waals surface area (Å²) in [6.07, 6.45) is 8.50. The first-order valence-corrected chi connectivity index (χ1v) is 6.54. The van der Waals surface area contributed by atoms with Crippen LogP contribution in [-0.4, -0.2) is 6.21 Å². The van der Waals surface area contributed by atoms with Crippen molar-refractivity contribution in [2.24, 2.45) is 27.7 Å². The van der Waals surface area contributed by atoms with Crippen molar-refractivity contribution in [1.29, 1.82) is 0 Å². The van der Waals surface area contributed by atoms with E-state index in [0.717, 1.165) is 0 Å². The standard InChI is InChI=1S/C16H27N/c1-8-9-12-10-17-11-13(15(2,3)4)14(12)16(5,6)7/h8-11,13-14H,1-7H3/b9-8-. The lowest BCUT2D eigenvalue weighted by atomic mass is 9.61. The summed E-state index contributed by atoms with van der Waals surface area (Å²) < 4.78 is 0. The summed E-state index contributed by atoms with van der Waals surface area (Å²) >= 11 is 0. The Labute approximate surface area is 107 Å². The van der Waals surface area contributed by atoms with Crippen LogP contribution in [0, 0.1) is 22.7 Å². The van der Waals surface area contributed by atoms with E-state index < -0.39 is 0 Å². The van der Waals surface area contributed by atoms with Gasteiger partial charge in [-0.3, -0.25) is 4.99 Å². The number of hydrogen-bond acceptors (Lipinski definition) is 1. The van der Waals surface area contributed by atoms with Crippen molar-refractivity contribution in [3.05, 3.63) is 23.9 Å². The monoisotopic (exact) mass is 233 g/mol. The second-order valence-corrected chi connectivity index (χ2v) is 7.16. The minimum absolute atomic E-state index is 0.253. The highest BCUT2D eigenvalue weighted by Gasteiger charge is 2.40. The first-order valence-electron chi connectivity index (χ1n) is 6.54. The lowest BCUT2D eigenvalue weighted by Crippen LogP contribution is -2.39. The van der Waals surface area contributed by atoms with Crippen LogP contribution in [0.4, 0.5) is 0 Å². The quantitative estimate of drug-likeness (QED) is 0.613. The SMILES string of the molecule is C/C=C\C1=CN=CC(C(C)(C)C)C1C(C)(C)C. The lowest BCUT2D eigenvalue weighted by Gasteiger charge is -2.43. The Hall–Kier alpha value is -0.850. The first kappa shape index (κ1) is 14.2. The van der Waals surface area contributed by atoms with E-state index in [1.165, 1.54) is 5.57 Å². The van der Waals surface area contributed by atoms with Crippen LogP contribution in [0.5, 0.6) is 0 Å². The van der Waals surface area contributed by atoms with Gasteiger partial charge in [0.25, 0.3) is 0 Å². The molecular weight excluding hydrogens is 206 g/mol. The fourth-order valence-corrected chi connectivity index (χ4v) is 2.70. The summed E-state index contributed by atoms with van der Waals surface area (Å²) in [4.78, 5) is 4.45. The van der Waals surface area contributed by atoms with Crippen LogP contribution in [0.2, 0.25) is 0 Å². The summed E-state index contributed by atoms with van der Waals surface area (Å²) in [5, 5.41) is 0. The van der Waals surface area contributed by atoms with Gasteiger partial charge in [-0.15, -0.1) is 0 Å². The average Bonchev–Trinajstić information content (AvgIpc) is 2.14. The van der Waals surface area contributed by atoms with Gasteiger partial charge in [-0.05, 0) is 29.2 Å². The minimum Gasteiger partial charge on any atom is -0.268 e. The van der Waals surface area contributed by atoms with Crippen LogP contribution in [-0.2, 0) is 0 Å². The highest BCUT2D eigenvalue weighted by Crippen LogP contribution is 2.46. The molecule has 1 aliphatic rings. The zero-order valence-electron chi connectivity index (χ0n) is 12.4. The molecular formula is C16H27N. The van der Waals surface area contributed by atoms with Crippen molar-refractivity contribution in [2.45, 2.75) is 48.5 Å². The van der Waals surface area contributed by atoms with E-state index in [9.17, 15) is 0 Å². The zero-order valence-corrected chi connectivity index (χ0v) is 12.4. The predicted molar refractivity (Wildman–Crippen MR) is 77.3 cm³/mol. The van der Waals surface area contributed by atoms with Crippen LogP contribution in [0.3, 0.4) is 0 Å². The maximum Gasteiger partial charge on any atom is 0.0299 e. The van der Waals surface area contributed by atoms with Gasteiger partial charge in [-0.2, -0.15) is 0 Å². The van der Waals surface area contributed by atoms with E-state index in [1.54, 1.807) is 0 Å². The van der Waals surface area contributed by atoms with E-state index in [4.69, 9.17) is 0 Å². The third-order valence-electron chi connectivity index (χ3n) is 3.48. The molecule has 0 aromatic rings. The number of allylic oxidation sites excluding steroid dienone is 3. The van der Waals surface area contributed by atoms with Crippen molar-refractivity contribution in [2.75, 3.05) is 0 Å². The Morgan fingerprint density at radius 2 is 1.65 bits per heavy atom. The molecule has 0 aromatic carbocycles. The van der Waals surface area contributed by atoms with Gasteiger partial charge in [0.15, 0.2) is 0 Å². The molecule has 0 spiro atoms. The third kappa shape index (κ3) is 3.31. The van der Waals surface area contributed by atoms with Crippen LogP contribution in [0.15, 0.2) is 28.9 Å². The predicted octanol–water partition coefficient (Wildman–Crippen LogP) is 4.86. The summed E-state index contributed by atoms with van der Waals surface area (Å²) in [6, 6.07) is 0. The highest BCUT2D eigenvalue weighted by atomic mass is 14.7. The minimum atomic E-state index is 0.253. The molecule has 1 nitrogen and oxygen atoms in total. The van der Waals surface area contributed by atoms with Crippen molar-refractivity contribution >= 4 is 6.21 Å². The molecule has 1 rings (SSSR count). The third-order valence-corrected chi connectivity index (χ3v) is 3.48. The normalized spacial score (nSPS) is 26.4. The van der Waals surface area contributed by atoms with Gasteiger partial charge in [-0.25, -0.2) is 0 Å². The van der Waals surface area contributed by atoms with E-state index >= 15 is 0 Å². The van der Waals surface area contributed by atoms with Gasteiger partial charge in [0.1, 0.15) is 0 Å². The van der Waals surface area contributed by atoms with Crippen LogP contribution < -0.4 is 0 Å². The van der Waals surface area contributed by atoms with Crippen molar-refractivity contribution in [3.8, 4) is 0 Å². The molecule has 1 heterocycles. The molecule has 1 aliphatic heterocycles. The largest absolute Gasteiger partial charge is 0.268 e.